The van der Waals surface area contributed by atoms with E-state index in [2.05, 4.69) is 6.07 Å². The van der Waals surface area contributed by atoms with Crippen LogP contribution in [0.1, 0.15) is 21.8 Å². The summed E-state index contributed by atoms with van der Waals surface area (Å²) in [5, 5.41) is 20.4. The van der Waals surface area contributed by atoms with Gasteiger partial charge in [-0.25, -0.2) is 4.79 Å². The van der Waals surface area contributed by atoms with Gasteiger partial charge < -0.3 is 20.3 Å². The highest BCUT2D eigenvalue weighted by Crippen LogP contribution is 2.50. The Morgan fingerprint density at radius 2 is 2.00 bits per heavy atom. The zero-order chi connectivity index (χ0) is 22.3. The number of fused-ring (bicyclic) bond motifs is 2. The maximum absolute atomic E-state index is 13.2. The van der Waals surface area contributed by atoms with Crippen molar-refractivity contribution in [3.05, 3.63) is 75.6 Å². The molecular formula is C22H17N3O5S. The van der Waals surface area contributed by atoms with Gasteiger partial charge in [-0.15, -0.1) is 0 Å². The highest BCUT2D eigenvalue weighted by atomic mass is 32.2. The lowest BCUT2D eigenvalue weighted by molar-refractivity contribution is -0.136. The van der Waals surface area contributed by atoms with E-state index in [0.717, 1.165) is 0 Å². The number of benzene rings is 2. The summed E-state index contributed by atoms with van der Waals surface area (Å²) in [6.45, 7) is 0. The molecule has 4 rings (SSSR count). The third kappa shape index (κ3) is 3.08. The minimum Gasteiger partial charge on any atom is -0.504 e. The van der Waals surface area contributed by atoms with Crippen LogP contribution in [0.25, 0.3) is 0 Å². The molecule has 9 heteroatoms. The molecule has 1 unspecified atom stereocenters. The molecule has 8 nitrogen and oxygen atoms in total. The summed E-state index contributed by atoms with van der Waals surface area (Å²) in [4.78, 5) is 27.8. The number of hydrogen-bond donors (Lipinski definition) is 2. The van der Waals surface area contributed by atoms with Gasteiger partial charge in [0.1, 0.15) is 10.9 Å². The SMILES string of the molecule is COC(=O)C1=C(N)N2C(=O)c3ccccc3SC2=C(C#N)C1c1ccc(O)c(OC)c1. The number of carbonyl (C=O) groups excluding carboxylic acids is 2. The van der Waals surface area contributed by atoms with Gasteiger partial charge in [0, 0.05) is 4.90 Å². The number of aromatic hydroxyl groups is 1. The van der Waals surface area contributed by atoms with Crippen LogP contribution >= 0.6 is 11.8 Å². The summed E-state index contributed by atoms with van der Waals surface area (Å²) in [5.41, 5.74) is 7.38. The predicted molar refractivity (Wildman–Crippen MR) is 112 cm³/mol. The number of hydrogen-bond acceptors (Lipinski definition) is 8. The number of amides is 1. The van der Waals surface area contributed by atoms with Crippen LogP contribution in [0.4, 0.5) is 0 Å². The van der Waals surface area contributed by atoms with Crippen LogP contribution in [-0.4, -0.2) is 36.1 Å². The summed E-state index contributed by atoms with van der Waals surface area (Å²) < 4.78 is 10.1. The second kappa shape index (κ2) is 7.74. The van der Waals surface area contributed by atoms with Gasteiger partial charge in [-0.1, -0.05) is 30.0 Å². The van der Waals surface area contributed by atoms with Crippen molar-refractivity contribution in [2.45, 2.75) is 10.8 Å². The molecule has 2 heterocycles. The van der Waals surface area contributed by atoms with Crippen LogP contribution in [0.5, 0.6) is 11.5 Å². The van der Waals surface area contributed by atoms with Gasteiger partial charge in [0.2, 0.25) is 0 Å². The molecule has 1 atom stereocenters. The number of esters is 1. The molecule has 0 bridgehead atoms. The van der Waals surface area contributed by atoms with Crippen molar-refractivity contribution in [3.8, 4) is 17.6 Å². The molecule has 0 fully saturated rings. The lowest BCUT2D eigenvalue weighted by Gasteiger charge is -2.38. The number of phenolic OH excluding ortho intramolecular Hbond substituents is 1. The van der Waals surface area contributed by atoms with Gasteiger partial charge in [-0.2, -0.15) is 5.26 Å². The van der Waals surface area contributed by atoms with Crippen LogP contribution in [0, 0.1) is 11.3 Å². The molecule has 0 saturated heterocycles. The Labute approximate surface area is 182 Å². The zero-order valence-electron chi connectivity index (χ0n) is 16.6. The number of methoxy groups -OCH3 is 2. The standard InChI is InChI=1S/C22H17N3O5S/c1-29-15-9-11(7-8-14(15)26)17-13(10-23)21-25(19(24)18(17)22(28)30-2)20(27)12-5-3-4-6-16(12)31-21/h3-9,17,26H,24H2,1-2H3. The zero-order valence-corrected chi connectivity index (χ0v) is 17.4. The van der Waals surface area contributed by atoms with E-state index in [9.17, 15) is 20.0 Å². The number of phenols is 1. The van der Waals surface area contributed by atoms with Gasteiger partial charge in [-0.3, -0.25) is 9.69 Å². The number of nitrogens with zero attached hydrogens (tertiary/aromatic N) is 2. The van der Waals surface area contributed by atoms with Gasteiger partial charge in [0.25, 0.3) is 5.91 Å². The summed E-state index contributed by atoms with van der Waals surface area (Å²) >= 11 is 1.23. The molecule has 31 heavy (non-hydrogen) atoms. The largest absolute Gasteiger partial charge is 0.504 e. The van der Waals surface area contributed by atoms with E-state index in [0.29, 0.717) is 21.1 Å². The van der Waals surface area contributed by atoms with Gasteiger partial charge in [-0.05, 0) is 29.8 Å². The molecule has 2 aromatic rings. The molecule has 0 spiro atoms. The third-order valence-corrected chi connectivity index (χ3v) is 6.29. The topological polar surface area (TPSA) is 126 Å². The minimum absolute atomic E-state index is 0.0381. The first-order valence-electron chi connectivity index (χ1n) is 9.13. The first kappa shape index (κ1) is 20.4. The number of ether oxygens (including phenoxy) is 2. The maximum Gasteiger partial charge on any atom is 0.338 e. The fourth-order valence-corrected chi connectivity index (χ4v) is 4.84. The predicted octanol–water partition coefficient (Wildman–Crippen LogP) is 2.82. The first-order chi connectivity index (χ1) is 14.9. The smallest absolute Gasteiger partial charge is 0.338 e. The van der Waals surface area contributed by atoms with E-state index in [-0.39, 0.29) is 28.5 Å². The fraction of sp³-hybridized carbons (Fsp3) is 0.136. The molecule has 0 radical (unpaired) electrons. The number of nitrogens with two attached hydrogens (primary N) is 1. The van der Waals surface area contributed by atoms with Gasteiger partial charge in [0.15, 0.2) is 11.5 Å². The average Bonchev–Trinajstić information content (AvgIpc) is 2.78. The number of rotatable bonds is 3. The molecule has 2 aromatic carbocycles. The average molecular weight is 435 g/mol. The van der Waals surface area contributed by atoms with Crippen molar-refractivity contribution in [1.29, 1.82) is 5.26 Å². The van der Waals surface area contributed by atoms with Gasteiger partial charge >= 0.3 is 5.97 Å². The Kier molecular flexibility index (Phi) is 5.09. The number of carbonyl (C=O) groups is 2. The molecule has 2 aliphatic heterocycles. The Hall–Kier alpha value is -3.90. The molecule has 2 aliphatic rings. The Morgan fingerprint density at radius 1 is 1.26 bits per heavy atom. The second-order valence-electron chi connectivity index (χ2n) is 6.72. The first-order valence-corrected chi connectivity index (χ1v) is 9.95. The van der Waals surface area contributed by atoms with E-state index in [1.165, 1.54) is 43.0 Å². The van der Waals surface area contributed by atoms with Gasteiger partial charge in [0.05, 0.1) is 42.9 Å². The van der Waals surface area contributed by atoms with E-state index >= 15 is 0 Å². The molecule has 0 aliphatic carbocycles. The Bertz CT molecular complexity index is 1230. The van der Waals surface area contributed by atoms with Crippen LogP contribution < -0.4 is 10.5 Å². The number of thioether (sulfide) groups is 1. The molecule has 156 valence electrons. The molecule has 1 amide bonds. The van der Waals surface area contributed by atoms with Crippen molar-refractivity contribution >= 4 is 23.6 Å². The lowest BCUT2D eigenvalue weighted by Crippen LogP contribution is -2.42. The Balaban J connectivity index is 2.01. The normalized spacial score (nSPS) is 17.6. The summed E-state index contributed by atoms with van der Waals surface area (Å²) in [6.07, 6.45) is 0. The highest BCUT2D eigenvalue weighted by Gasteiger charge is 2.44. The van der Waals surface area contributed by atoms with Crippen LogP contribution in [0.3, 0.4) is 0 Å². The van der Waals surface area contributed by atoms with Crippen molar-refractivity contribution < 1.29 is 24.2 Å². The molecule has 3 N–H and O–H groups in total. The summed E-state index contributed by atoms with van der Waals surface area (Å²) in [5.74, 6) is -2.14. The molecule has 0 saturated carbocycles. The number of allylic oxidation sites excluding steroid dienone is 1. The van der Waals surface area contributed by atoms with Crippen LogP contribution in [0.2, 0.25) is 0 Å². The summed E-state index contributed by atoms with van der Waals surface area (Å²) in [7, 11) is 2.59. The third-order valence-electron chi connectivity index (χ3n) is 5.12. The monoisotopic (exact) mass is 435 g/mol. The summed E-state index contributed by atoms with van der Waals surface area (Å²) in [6, 6.07) is 13.6. The van der Waals surface area contributed by atoms with Crippen LogP contribution in [0.15, 0.2) is 69.4 Å². The Morgan fingerprint density at radius 3 is 2.68 bits per heavy atom. The lowest BCUT2D eigenvalue weighted by atomic mass is 9.82. The maximum atomic E-state index is 13.2. The quantitative estimate of drug-likeness (QED) is 0.705. The van der Waals surface area contributed by atoms with E-state index in [1.807, 2.05) is 0 Å². The van der Waals surface area contributed by atoms with Crippen molar-refractivity contribution in [1.82, 2.24) is 4.90 Å². The highest BCUT2D eigenvalue weighted by molar-refractivity contribution is 8.03. The minimum atomic E-state index is -0.913. The van der Waals surface area contributed by atoms with E-state index in [4.69, 9.17) is 15.2 Å². The van der Waals surface area contributed by atoms with Crippen molar-refractivity contribution in [2.24, 2.45) is 5.73 Å². The second-order valence-corrected chi connectivity index (χ2v) is 7.75. The van der Waals surface area contributed by atoms with E-state index < -0.39 is 17.8 Å². The number of nitriles is 1. The van der Waals surface area contributed by atoms with Crippen LogP contribution in [-0.2, 0) is 9.53 Å². The van der Waals surface area contributed by atoms with Crippen molar-refractivity contribution in [3.63, 3.8) is 0 Å². The fourth-order valence-electron chi connectivity index (χ4n) is 3.68. The molecular weight excluding hydrogens is 418 g/mol. The van der Waals surface area contributed by atoms with E-state index in [1.54, 1.807) is 30.3 Å². The van der Waals surface area contributed by atoms with Crippen molar-refractivity contribution in [2.75, 3.05) is 14.2 Å². The molecule has 0 aromatic heterocycles.